The number of nitrogens with zero attached hydrogens (tertiary/aromatic N) is 5. The van der Waals surface area contributed by atoms with E-state index in [2.05, 4.69) is 179 Å². The van der Waals surface area contributed by atoms with Gasteiger partial charge in [0, 0.05) is 56.2 Å². The Morgan fingerprint density at radius 3 is 2.10 bits per heavy atom. The van der Waals surface area contributed by atoms with Crippen molar-refractivity contribution < 1.29 is 25.8 Å². The van der Waals surface area contributed by atoms with Gasteiger partial charge in [-0.2, -0.15) is 12.1 Å². The fourth-order valence-electron chi connectivity index (χ4n) is 7.92. The molecule has 9 rings (SSSR count). The molecule has 0 atom stereocenters. The van der Waals surface area contributed by atoms with E-state index < -0.39 is 0 Å². The summed E-state index contributed by atoms with van der Waals surface area (Å²) in [7, 11) is 0. The number of aromatic nitrogens is 3. The maximum absolute atomic E-state index is 6.59. The van der Waals surface area contributed by atoms with Gasteiger partial charge in [0.25, 0.3) is 0 Å². The smallest absolute Gasteiger partial charge is 0.135 e. The van der Waals surface area contributed by atoms with Crippen molar-refractivity contribution in [1.29, 1.82) is 0 Å². The summed E-state index contributed by atoms with van der Waals surface area (Å²) in [4.78, 5) is 14.2. The predicted octanol–water partition coefficient (Wildman–Crippen LogP) is 13.6. The van der Waals surface area contributed by atoms with Crippen LogP contribution in [0.25, 0.3) is 38.8 Å². The molecule has 0 unspecified atom stereocenters. The minimum atomic E-state index is -0.0178. The van der Waals surface area contributed by atoms with E-state index in [0.717, 1.165) is 44.8 Å². The third kappa shape index (κ3) is 7.09. The van der Waals surface area contributed by atoms with E-state index in [1.807, 2.05) is 36.7 Å². The summed E-state index contributed by atoms with van der Waals surface area (Å²) in [5.74, 6) is 3.49. The molecule has 294 valence electrons. The quantitative estimate of drug-likeness (QED) is 0.142. The monoisotopic (exact) mass is 939 g/mol. The number of anilines is 4. The Morgan fingerprint density at radius 2 is 1.36 bits per heavy atom. The second kappa shape index (κ2) is 15.6. The Morgan fingerprint density at radius 1 is 0.638 bits per heavy atom. The second-order valence-corrected chi connectivity index (χ2v) is 16.5. The Balaban J connectivity index is 0.00000469. The number of hydrogen-bond acceptors (Lipinski definition) is 5. The van der Waals surface area contributed by atoms with Gasteiger partial charge in [-0.3, -0.25) is 0 Å². The van der Waals surface area contributed by atoms with Crippen LogP contribution in [0.15, 0.2) is 134 Å². The van der Waals surface area contributed by atoms with Crippen molar-refractivity contribution in [3.8, 4) is 28.4 Å². The Labute approximate surface area is 356 Å². The van der Waals surface area contributed by atoms with Crippen LogP contribution in [0, 0.1) is 18.8 Å². The largest absolute Gasteiger partial charge is 0.509 e. The predicted molar refractivity (Wildman–Crippen MR) is 234 cm³/mol. The van der Waals surface area contributed by atoms with Crippen LogP contribution in [0.4, 0.5) is 22.9 Å². The molecule has 1 aliphatic heterocycles. The van der Waals surface area contributed by atoms with Gasteiger partial charge in [-0.25, -0.2) is 9.97 Å². The Hall–Kier alpha value is -5.71. The van der Waals surface area contributed by atoms with Crippen molar-refractivity contribution in [3.05, 3.63) is 169 Å². The number of ether oxygens (including phenoxy) is 1. The first-order chi connectivity index (χ1) is 27.5. The summed E-state index contributed by atoms with van der Waals surface area (Å²) in [5.41, 5.74) is 11.2. The van der Waals surface area contributed by atoms with E-state index >= 15 is 0 Å². The van der Waals surface area contributed by atoms with Crippen LogP contribution in [0.3, 0.4) is 0 Å². The Bertz CT molecular complexity index is 2740. The number of para-hydroxylation sites is 1. The molecule has 0 amide bonds. The number of hydrogen-bond donors (Lipinski definition) is 0. The first kappa shape index (κ1) is 39.1. The molecule has 0 N–H and O–H groups in total. The first-order valence-corrected chi connectivity index (χ1v) is 19.8. The van der Waals surface area contributed by atoms with E-state index in [1.54, 1.807) is 0 Å². The molecule has 0 spiro atoms. The molecule has 8 aromatic rings. The van der Waals surface area contributed by atoms with Gasteiger partial charge in [-0.05, 0) is 92.9 Å². The van der Waals surface area contributed by atoms with Crippen molar-refractivity contribution in [3.63, 3.8) is 0 Å². The van der Waals surface area contributed by atoms with E-state index in [1.165, 1.54) is 33.5 Å². The fraction of sp³-hybridized carbons (Fsp3) is 0.196. The molecular weight excluding hydrogens is 894 g/mol. The maximum atomic E-state index is 6.59. The molecule has 0 bridgehead atoms. The molecule has 4 heterocycles. The molecule has 0 radical (unpaired) electrons. The molecule has 1 aliphatic rings. The summed E-state index contributed by atoms with van der Waals surface area (Å²) in [6, 6.07) is 49.5. The third-order valence-corrected chi connectivity index (χ3v) is 10.9. The summed E-state index contributed by atoms with van der Waals surface area (Å²) in [6.45, 7) is 17.9. The molecule has 6 nitrogen and oxygen atoms in total. The minimum absolute atomic E-state index is 0. The summed E-state index contributed by atoms with van der Waals surface area (Å²) < 4.78 is 8.78. The average Bonchev–Trinajstić information content (AvgIpc) is 3.76. The van der Waals surface area contributed by atoms with E-state index in [4.69, 9.17) is 14.7 Å². The van der Waals surface area contributed by atoms with Gasteiger partial charge in [0.05, 0.1) is 5.69 Å². The first-order valence-electron chi connectivity index (χ1n) is 19.8. The zero-order chi connectivity index (χ0) is 39.4. The van der Waals surface area contributed by atoms with Crippen LogP contribution < -0.4 is 14.5 Å². The maximum Gasteiger partial charge on any atom is 0.135 e. The van der Waals surface area contributed by atoms with Crippen molar-refractivity contribution in [2.24, 2.45) is 0 Å². The molecule has 3 aromatic heterocycles. The Kier molecular flexibility index (Phi) is 10.5. The third-order valence-electron chi connectivity index (χ3n) is 10.9. The molecule has 0 saturated heterocycles. The van der Waals surface area contributed by atoms with Gasteiger partial charge in [-0.1, -0.05) is 103 Å². The summed E-state index contributed by atoms with van der Waals surface area (Å²) in [5, 5.41) is 2.23. The molecule has 7 heteroatoms. The number of rotatable bonds is 8. The number of benzene rings is 5. The van der Waals surface area contributed by atoms with Crippen LogP contribution in [0.1, 0.15) is 77.0 Å². The fourth-order valence-corrected chi connectivity index (χ4v) is 7.92. The molecule has 0 aliphatic carbocycles. The van der Waals surface area contributed by atoms with Gasteiger partial charge in [0.15, 0.2) is 0 Å². The van der Waals surface area contributed by atoms with E-state index in [-0.39, 0.29) is 38.3 Å². The van der Waals surface area contributed by atoms with Crippen LogP contribution in [-0.4, -0.2) is 14.5 Å². The van der Waals surface area contributed by atoms with Crippen LogP contribution in [0.5, 0.6) is 11.5 Å². The normalized spacial score (nSPS) is 12.8. The average molecular weight is 940 g/mol. The molecular formula is C51H46N5OPt-3. The minimum Gasteiger partial charge on any atom is -0.509 e. The topological polar surface area (TPSA) is 46.4 Å². The van der Waals surface area contributed by atoms with Gasteiger partial charge < -0.3 is 19.1 Å². The van der Waals surface area contributed by atoms with Gasteiger partial charge in [0.1, 0.15) is 11.6 Å². The molecule has 58 heavy (non-hydrogen) atoms. The summed E-state index contributed by atoms with van der Waals surface area (Å²) >= 11 is 0. The van der Waals surface area contributed by atoms with Crippen molar-refractivity contribution in [2.45, 2.75) is 65.7 Å². The molecule has 0 saturated carbocycles. The van der Waals surface area contributed by atoms with E-state index in [0.29, 0.717) is 11.5 Å². The van der Waals surface area contributed by atoms with Crippen molar-refractivity contribution in [2.75, 3.05) is 9.80 Å². The SMILES string of the molecule is CC(C)c1cc(-c2ccccc2)cc(C(C)C)c1N1[CH-]N(c2[c-]c(Oc3[c-]c4c(cc3)c3ccccc3n4-c3cc(C(C)(C)C)ccn3)ccc2)c2cccnc21.[Pt]. The molecule has 5 aromatic carbocycles. The van der Waals surface area contributed by atoms with Crippen molar-refractivity contribution >= 4 is 44.7 Å². The van der Waals surface area contributed by atoms with Crippen molar-refractivity contribution in [1.82, 2.24) is 14.5 Å². The zero-order valence-corrected chi connectivity index (χ0v) is 36.2. The second-order valence-electron chi connectivity index (χ2n) is 16.5. The zero-order valence-electron chi connectivity index (χ0n) is 33.9. The van der Waals surface area contributed by atoms with Crippen LogP contribution in [-0.2, 0) is 26.5 Å². The summed E-state index contributed by atoms with van der Waals surface area (Å²) in [6.07, 6.45) is 3.77. The number of pyridine rings is 2. The van der Waals surface area contributed by atoms with Crippen LogP contribution in [0.2, 0.25) is 0 Å². The van der Waals surface area contributed by atoms with Gasteiger partial charge in [0.2, 0.25) is 0 Å². The molecule has 0 fully saturated rings. The standard InChI is InChI=1S/C51H46N5O.Pt/c1-33(2)43-27-36(35-15-9-8-10-16-35)28-44(34(3)4)49(43)55-32-54(46-21-14-25-53-50(46)55)38-17-13-18-39(30-38)57-40-22-23-42-41-19-11-12-20-45(41)56(47(42)31-40)48-29-37(24-26-52-48)51(5,6)7;/h8-29,32-34H,1-7H3;/q-3;. The van der Waals surface area contributed by atoms with Gasteiger partial charge in [-0.15, -0.1) is 48.1 Å². The van der Waals surface area contributed by atoms with Gasteiger partial charge >= 0.3 is 0 Å². The van der Waals surface area contributed by atoms with E-state index in [9.17, 15) is 0 Å². The van der Waals surface area contributed by atoms with Crippen LogP contribution >= 0.6 is 0 Å². The number of fused-ring (bicyclic) bond motifs is 4.